The molecule has 0 radical (unpaired) electrons. The Bertz CT molecular complexity index is 866. The van der Waals surface area contributed by atoms with Gasteiger partial charge in [-0.15, -0.1) is 0 Å². The third-order valence-corrected chi connectivity index (χ3v) is 3.71. The van der Waals surface area contributed by atoms with Crippen LogP contribution in [0.5, 0.6) is 28.7 Å². The zero-order chi connectivity index (χ0) is 20.0. The van der Waals surface area contributed by atoms with Crippen LogP contribution in [0.4, 0.5) is 11.4 Å². The number of benzene rings is 2. The zero-order valence-corrected chi connectivity index (χ0v) is 21.9. The molecule has 0 aliphatic heterocycles. The van der Waals surface area contributed by atoms with E-state index in [4.69, 9.17) is 18.9 Å². The van der Waals surface area contributed by atoms with E-state index in [0.717, 1.165) is 0 Å². The molecule has 0 aliphatic rings. The van der Waals surface area contributed by atoms with Crippen LogP contribution < -0.4 is 92.4 Å². The summed E-state index contributed by atoms with van der Waals surface area (Å²) >= 11 is 0. The van der Waals surface area contributed by atoms with E-state index in [1.165, 1.54) is 46.6 Å². The number of hydrogen-bond acceptors (Lipinski definition) is 10. The molecule has 2 aromatic carbocycles. The van der Waals surface area contributed by atoms with E-state index in [-0.39, 0.29) is 76.3 Å². The third-order valence-electron chi connectivity index (χ3n) is 3.29. The Morgan fingerprint density at radius 1 is 0.724 bits per heavy atom. The quantitative estimate of drug-likeness (QED) is 0.232. The summed E-state index contributed by atoms with van der Waals surface area (Å²) in [6.45, 7) is 0. The number of ether oxygens (including phenoxy) is 4. The second-order valence-corrected chi connectivity index (χ2v) is 6.03. The van der Waals surface area contributed by atoms with Gasteiger partial charge in [0.2, 0.25) is 5.75 Å². The van der Waals surface area contributed by atoms with E-state index in [1.54, 1.807) is 12.1 Å². The fourth-order valence-corrected chi connectivity index (χ4v) is 2.54. The van der Waals surface area contributed by atoms with Crippen molar-refractivity contribution < 1.29 is 96.9 Å². The zero-order valence-electron chi connectivity index (χ0n) is 17.0. The van der Waals surface area contributed by atoms with Crippen LogP contribution in [0.15, 0.2) is 40.6 Å². The van der Waals surface area contributed by atoms with Crippen molar-refractivity contribution in [3.8, 4) is 28.7 Å². The largest absolute Gasteiger partial charge is 1.00 e. The van der Waals surface area contributed by atoms with Crippen LogP contribution in [0.25, 0.3) is 0 Å². The van der Waals surface area contributed by atoms with Crippen molar-refractivity contribution in [1.82, 2.24) is 0 Å². The average Bonchev–Trinajstić information content (AvgIpc) is 2.64. The van der Waals surface area contributed by atoms with E-state index < -0.39 is 7.82 Å². The van der Waals surface area contributed by atoms with E-state index in [0.29, 0.717) is 22.9 Å². The second-order valence-electron chi connectivity index (χ2n) is 4.96. The fourth-order valence-electron chi connectivity index (χ4n) is 2.16. The van der Waals surface area contributed by atoms with Crippen LogP contribution in [-0.2, 0) is 4.57 Å². The molecule has 0 N–H and O–H groups in total. The van der Waals surface area contributed by atoms with Gasteiger partial charge in [-0.25, -0.2) is 0 Å². The molecule has 146 valence electrons. The molecule has 0 amide bonds. The summed E-state index contributed by atoms with van der Waals surface area (Å²) in [6.07, 6.45) is 0. The smallest absolute Gasteiger partial charge is 0.780 e. The summed E-state index contributed by atoms with van der Waals surface area (Å²) < 4.78 is 35.9. The number of methoxy groups -OCH3 is 4. The summed E-state index contributed by atoms with van der Waals surface area (Å²) in [5.74, 6) is 0.966. The van der Waals surface area contributed by atoms with Crippen molar-refractivity contribution in [2.24, 2.45) is 10.2 Å². The normalized spacial score (nSPS) is 10.6. The molecule has 0 unspecified atom stereocenters. The van der Waals surface area contributed by atoms with Crippen molar-refractivity contribution in [1.29, 1.82) is 0 Å². The first kappa shape index (κ1) is 28.2. The summed E-state index contributed by atoms with van der Waals surface area (Å²) in [6, 6.07) is 7.27. The average molecular weight is 442 g/mol. The van der Waals surface area contributed by atoms with Crippen molar-refractivity contribution in [3.05, 3.63) is 30.3 Å². The summed E-state index contributed by atoms with van der Waals surface area (Å²) in [5, 5.41) is 8.04. The number of phosphoric acid groups is 1. The molecule has 0 heterocycles. The maximum absolute atomic E-state index is 10.9. The van der Waals surface area contributed by atoms with Crippen LogP contribution in [0.2, 0.25) is 0 Å². The maximum atomic E-state index is 10.9. The molecule has 2 aromatic rings. The molecule has 0 bridgehead atoms. The van der Waals surface area contributed by atoms with Crippen molar-refractivity contribution in [3.63, 3.8) is 0 Å². The number of rotatable bonds is 8. The third kappa shape index (κ3) is 8.09. The topological polar surface area (TPSA) is 134 Å². The molecule has 29 heavy (non-hydrogen) atoms. The van der Waals surface area contributed by atoms with Crippen molar-refractivity contribution >= 4 is 19.2 Å². The van der Waals surface area contributed by atoms with E-state index in [1.807, 2.05) is 0 Å². The number of azo groups is 1. The van der Waals surface area contributed by atoms with E-state index in [2.05, 4.69) is 14.8 Å². The Morgan fingerprint density at radius 2 is 1.21 bits per heavy atom. The molecule has 13 heteroatoms. The molecule has 10 nitrogen and oxygen atoms in total. The first-order valence-electron chi connectivity index (χ1n) is 7.42. The van der Waals surface area contributed by atoms with Gasteiger partial charge < -0.3 is 37.8 Å². The molecular formula is C16H17N2Na2O8P. The molecule has 0 saturated carbocycles. The first-order chi connectivity index (χ1) is 12.8. The number of hydrogen-bond donors (Lipinski definition) is 0. The number of phosphoric ester groups is 1. The van der Waals surface area contributed by atoms with Gasteiger partial charge in [-0.2, -0.15) is 10.2 Å². The van der Waals surface area contributed by atoms with E-state index >= 15 is 0 Å². The second kappa shape index (κ2) is 12.8. The Morgan fingerprint density at radius 3 is 1.66 bits per heavy atom. The Hall–Kier alpha value is -0.810. The van der Waals surface area contributed by atoms with Crippen LogP contribution in [-0.4, -0.2) is 28.4 Å². The summed E-state index contributed by atoms with van der Waals surface area (Å²) in [4.78, 5) is 21.7. The standard InChI is InChI=1S/C16H19N2O8P.2Na/c1-22-12-6-5-10(7-13(12)26-27(19,20)21)17-18-11-8-14(23-2)16(25-4)15(9-11)24-3;;/h5-9H,1-4H3,(H2,19,20,21);;/q;2*+1/p-2. The van der Waals surface area contributed by atoms with Gasteiger partial charge >= 0.3 is 59.1 Å². The minimum Gasteiger partial charge on any atom is -0.780 e. The predicted octanol–water partition coefficient (Wildman–Crippen LogP) is -3.65. The summed E-state index contributed by atoms with van der Waals surface area (Å²) in [5.41, 5.74) is 0.620. The van der Waals surface area contributed by atoms with Gasteiger partial charge in [-0.05, 0) is 12.1 Å². The number of nitrogens with zero attached hydrogens (tertiary/aromatic N) is 2. The molecule has 0 aliphatic carbocycles. The molecular weight excluding hydrogens is 425 g/mol. The molecule has 0 saturated heterocycles. The minimum absolute atomic E-state index is 0. The van der Waals surface area contributed by atoms with Gasteiger partial charge in [0.1, 0.15) is 7.82 Å². The Kier molecular flexibility index (Phi) is 12.4. The van der Waals surface area contributed by atoms with Crippen LogP contribution >= 0.6 is 7.82 Å². The predicted molar refractivity (Wildman–Crippen MR) is 91.5 cm³/mol. The van der Waals surface area contributed by atoms with Crippen molar-refractivity contribution in [2.75, 3.05) is 28.4 Å². The minimum atomic E-state index is -5.25. The summed E-state index contributed by atoms with van der Waals surface area (Å²) in [7, 11) is 0.464. The van der Waals surface area contributed by atoms with Gasteiger partial charge in [0, 0.05) is 18.2 Å². The Labute approximate surface area is 212 Å². The monoisotopic (exact) mass is 442 g/mol. The van der Waals surface area contributed by atoms with Crippen LogP contribution in [0.1, 0.15) is 0 Å². The van der Waals surface area contributed by atoms with Gasteiger partial charge in [-0.3, -0.25) is 0 Å². The first-order valence-corrected chi connectivity index (χ1v) is 8.88. The van der Waals surface area contributed by atoms with Gasteiger partial charge in [0.05, 0.1) is 39.8 Å². The molecule has 0 atom stereocenters. The molecule has 0 spiro atoms. The fraction of sp³-hybridized carbons (Fsp3) is 0.250. The SMILES string of the molecule is COc1ccc(N=Nc2cc(OC)c(OC)c(OC)c2)cc1OP(=O)([O-])[O-].[Na+].[Na+]. The molecule has 0 aromatic heterocycles. The van der Waals surface area contributed by atoms with Gasteiger partial charge in [0.25, 0.3) is 0 Å². The Balaban J connectivity index is 0.00000392. The van der Waals surface area contributed by atoms with Crippen LogP contribution in [0.3, 0.4) is 0 Å². The van der Waals surface area contributed by atoms with Crippen LogP contribution in [0, 0.1) is 0 Å². The molecule has 0 fully saturated rings. The van der Waals surface area contributed by atoms with E-state index in [9.17, 15) is 14.4 Å². The van der Waals surface area contributed by atoms with Gasteiger partial charge in [0.15, 0.2) is 23.0 Å². The van der Waals surface area contributed by atoms with Crippen molar-refractivity contribution in [2.45, 2.75) is 0 Å². The molecule has 2 rings (SSSR count). The van der Waals surface area contributed by atoms with Gasteiger partial charge in [-0.1, -0.05) is 0 Å². The maximum Gasteiger partial charge on any atom is 1.00 e.